The molecule has 14 heteroatoms. The largest absolute Gasteiger partial charge is 0.508 e. The highest BCUT2D eigenvalue weighted by Gasteiger charge is 2.52. The number of nitrogens with zero attached hydrogens (tertiary/aromatic N) is 1. The highest BCUT2D eigenvalue weighted by atomic mass is 32.2. The summed E-state index contributed by atoms with van der Waals surface area (Å²) in [4.78, 5) is 5.25. The fraction of sp³-hybridized carbons (Fsp3) is 0.444. The van der Waals surface area contributed by atoms with Gasteiger partial charge in [-0.15, -0.1) is 0 Å². The van der Waals surface area contributed by atoms with Gasteiger partial charge in [0.15, 0.2) is 5.96 Å². The Morgan fingerprint density at radius 2 is 1.61 bits per heavy atom. The summed E-state index contributed by atoms with van der Waals surface area (Å²) in [5.74, 6) is 4.90. The van der Waals surface area contributed by atoms with Crippen LogP contribution < -0.4 is 21.5 Å². The maximum atomic E-state index is 14.6. The molecule has 1 saturated carbocycles. The number of hydrogen-bond donors (Lipinski definition) is 8. The van der Waals surface area contributed by atoms with Crippen LogP contribution in [0.3, 0.4) is 0 Å². The molecule has 13 nitrogen and oxygen atoms in total. The molecule has 494 valence electrons. The van der Waals surface area contributed by atoms with Crippen molar-refractivity contribution < 1.29 is 42.9 Å². The molecule has 0 radical (unpaired) electrons. The van der Waals surface area contributed by atoms with Crippen LogP contribution in [-0.4, -0.2) is 70.0 Å². The Kier molecular flexibility index (Phi) is 17.2. The molecule has 17 rings (SSSR count). The van der Waals surface area contributed by atoms with Gasteiger partial charge in [-0.1, -0.05) is 128 Å². The van der Waals surface area contributed by atoms with Gasteiger partial charge in [0.2, 0.25) is 5.72 Å². The number of guanidine groups is 1. The van der Waals surface area contributed by atoms with E-state index in [0.29, 0.717) is 61.8 Å². The third-order valence-electron chi connectivity index (χ3n) is 23.9. The average molecular weight is 1300 g/mol. The highest BCUT2D eigenvalue weighted by molar-refractivity contribution is 7.86. The van der Waals surface area contributed by atoms with Crippen LogP contribution in [0.1, 0.15) is 198 Å². The molecule has 5 heterocycles. The van der Waals surface area contributed by atoms with Gasteiger partial charge < -0.3 is 46.7 Å². The van der Waals surface area contributed by atoms with E-state index in [1.165, 1.54) is 44.2 Å². The second-order valence-electron chi connectivity index (χ2n) is 29.6. The molecule has 2 fully saturated rings. The summed E-state index contributed by atoms with van der Waals surface area (Å²) in [7, 11) is -2.72. The Morgan fingerprint density at radius 1 is 0.821 bits per heavy atom. The molecular weight excluding hydrogens is 1200 g/mol. The molecule has 7 aromatic rings. The molecule has 5 aliphatic carbocycles. The minimum Gasteiger partial charge on any atom is -0.508 e. The summed E-state index contributed by atoms with van der Waals surface area (Å²) < 4.78 is 55.9. The molecule has 10 N–H and O–H groups in total. The van der Waals surface area contributed by atoms with Crippen LogP contribution in [0.25, 0.3) is 10.8 Å². The molecule has 95 heavy (non-hydrogen) atoms. The number of fused-ring (bicyclic) bond motifs is 9. The van der Waals surface area contributed by atoms with Gasteiger partial charge in [0.05, 0.1) is 23.1 Å². The van der Waals surface area contributed by atoms with Crippen LogP contribution in [0.5, 0.6) is 11.5 Å². The Bertz CT molecular complexity index is 4330. The van der Waals surface area contributed by atoms with Crippen molar-refractivity contribution in [3.63, 3.8) is 0 Å². The van der Waals surface area contributed by atoms with Crippen molar-refractivity contribution in [1.29, 1.82) is 0 Å². The minimum atomic E-state index is -4.72. The second-order valence-corrected chi connectivity index (χ2v) is 31.2. The number of aliphatic hydroxyl groups is 3. The van der Waals surface area contributed by atoms with E-state index in [1.807, 2.05) is 49.5 Å². The van der Waals surface area contributed by atoms with Crippen molar-refractivity contribution in [2.24, 2.45) is 46.0 Å². The number of allylic oxidation sites excluding steroid dienone is 1. The van der Waals surface area contributed by atoms with Gasteiger partial charge in [-0.2, -0.15) is 8.42 Å². The molecule has 7 aromatic carbocycles. The molecule has 1 saturated heterocycles. The number of aliphatic imine (C=N–C) groups is 1. The molecule has 5 aliphatic heterocycles. The quantitative estimate of drug-likeness (QED) is 0.0199. The number of phenols is 1. The molecule has 0 unspecified atom stereocenters. The maximum absolute atomic E-state index is 14.6. The fourth-order valence-electron chi connectivity index (χ4n) is 19.4. The first-order chi connectivity index (χ1) is 45.9. The maximum Gasteiger partial charge on any atom is 0.268 e. The normalized spacial score (nSPS) is 30.1. The minimum absolute atomic E-state index is 0.00322. The third-order valence-corrected chi connectivity index (χ3v) is 25.1. The number of nitrogens with one attached hydrogen (secondary N) is 1. The summed E-state index contributed by atoms with van der Waals surface area (Å²) in [6, 6.07) is 45.5. The highest BCUT2D eigenvalue weighted by Crippen LogP contribution is 2.57. The van der Waals surface area contributed by atoms with E-state index in [9.17, 15) is 33.4 Å². The van der Waals surface area contributed by atoms with Gasteiger partial charge in [0, 0.05) is 54.5 Å². The van der Waals surface area contributed by atoms with Crippen LogP contribution in [-0.2, 0) is 59.2 Å². The predicted molar refractivity (Wildman–Crippen MR) is 372 cm³/mol. The van der Waals surface area contributed by atoms with E-state index in [2.05, 4.69) is 109 Å². The summed E-state index contributed by atoms with van der Waals surface area (Å²) >= 11 is 0. The van der Waals surface area contributed by atoms with Crippen molar-refractivity contribution in [3.05, 3.63) is 223 Å². The average Bonchev–Trinajstić information content (AvgIpc) is 1.57. The number of ether oxygens (including phenoxy) is 2. The monoisotopic (exact) mass is 1290 g/mol. The number of aromatic hydroxyl groups is 1. The predicted octanol–water partition coefficient (Wildman–Crippen LogP) is 13.2. The Morgan fingerprint density at radius 3 is 2.41 bits per heavy atom. The Labute approximate surface area is 559 Å². The van der Waals surface area contributed by atoms with E-state index in [-0.39, 0.29) is 72.8 Å². The molecule has 0 spiro atoms. The Hall–Kier alpha value is -7.32. The van der Waals surface area contributed by atoms with Gasteiger partial charge in [0.25, 0.3) is 10.1 Å². The van der Waals surface area contributed by atoms with Crippen LogP contribution in [0.2, 0.25) is 0 Å². The number of aliphatic hydroxyl groups excluding tert-OH is 2. The third kappa shape index (κ3) is 12.1. The number of hydrogen-bond acceptors (Lipinski definition) is 10. The van der Waals surface area contributed by atoms with E-state index >= 15 is 0 Å². The molecule has 10 bridgehead atoms. The topological polar surface area (TPSA) is 230 Å². The van der Waals surface area contributed by atoms with Crippen molar-refractivity contribution in [1.82, 2.24) is 5.32 Å². The molecule has 15 atom stereocenters. The smallest absolute Gasteiger partial charge is 0.268 e. The van der Waals surface area contributed by atoms with Crippen LogP contribution in [0, 0.1) is 41.4 Å². The summed E-state index contributed by atoms with van der Waals surface area (Å²) in [5, 5.41) is 53.1. The Balaban J connectivity index is 0.834. The van der Waals surface area contributed by atoms with Crippen molar-refractivity contribution in [2.45, 2.75) is 181 Å². The zero-order valence-electron chi connectivity index (χ0n) is 54.6. The van der Waals surface area contributed by atoms with Crippen molar-refractivity contribution in [2.75, 3.05) is 13.7 Å². The molecule has 10 aliphatic rings. The van der Waals surface area contributed by atoms with E-state index in [1.54, 1.807) is 12.1 Å². The second kappa shape index (κ2) is 25.6. The lowest BCUT2D eigenvalue weighted by Gasteiger charge is -2.46. The summed E-state index contributed by atoms with van der Waals surface area (Å²) in [6.07, 6.45) is 11.1. The van der Waals surface area contributed by atoms with Crippen LogP contribution in [0.4, 0.5) is 0 Å². The number of aryl methyl sites for hydroxylation is 3. The SMILES string of the molecule is CNCc1cc2cccc3c2c2c1CCc1cc([C@H]4CCC[C@](O)([C@H](Cc5ccccc5)C[C@]5(N=C(N)N)Oc6ccc7c(c6)CC[C@@H](C)[C@@H]7C[C@@H](S(=O)(=O)O)[C@H]6C=C7C[C@H](C[C@H]8C[C@@H](CO)CC#Cc9cc(O)ccc9[C@@H]7O8)[C@@H]6c6ccc5cc6)C4)ccc1[C@@H](O)[C@@H]2CC3. The fourth-order valence-corrected chi connectivity index (χ4v) is 20.5. The number of benzene rings is 7. The van der Waals surface area contributed by atoms with E-state index in [0.717, 1.165) is 96.9 Å². The van der Waals surface area contributed by atoms with Crippen LogP contribution >= 0.6 is 0 Å². The zero-order chi connectivity index (χ0) is 65.5. The van der Waals surface area contributed by atoms with Gasteiger partial charge in [-0.25, -0.2) is 4.99 Å². The van der Waals surface area contributed by atoms with Crippen molar-refractivity contribution >= 4 is 26.9 Å². The van der Waals surface area contributed by atoms with Gasteiger partial charge in [0.1, 0.15) is 17.6 Å². The standard InChI is InChI=1S/C81H90N4O9S/c1-47-16-17-55-39-64-26-31-66(55)71(47)42-73(95(90,91)92)72-41-59-37-58(40-65-34-49(46-86)11-6-13-53-38-63(87)25-30-69(53)78(59)93-65)74(72)51-18-23-61(24-19-51)81(94-64,85-79(82)83)44-62(33-48-9-4-3-5-10-48)80(89)32-8-15-57(43-80)52-21-28-68-54(35-52)22-27-67-60(45-84-2)36-56-14-7-12-50-20-29-70(77(68)88)76(67)75(50)56/h3-5,7,9-10,12,14,18-19,21,23-26,28,30-31,35-36,38-39,41,47,49,57-58,62,65,70-74,77-78,84,86-89H,8,11,15-17,20,22,27,29,32-34,37,40,42-46H2,1-2H3,(H4,82,83,85)(H,90,91,92)/t47-,49+,57+,58-,62-,65-,70-,71+,72-,73-,74+,77-,78-,80-,81+/m1/s1. The molecular formula is C81H90N4O9S. The lowest BCUT2D eigenvalue weighted by molar-refractivity contribution is -0.0834. The first-order valence-corrected chi connectivity index (χ1v) is 36.5. The lowest BCUT2D eigenvalue weighted by Crippen LogP contribution is -2.48. The van der Waals surface area contributed by atoms with Crippen LogP contribution in [0.15, 0.2) is 150 Å². The first kappa shape index (κ1) is 63.7. The van der Waals surface area contributed by atoms with Crippen molar-refractivity contribution in [3.8, 4) is 23.3 Å². The summed E-state index contributed by atoms with van der Waals surface area (Å²) in [5.41, 5.74) is 26.2. The van der Waals surface area contributed by atoms with E-state index in [4.69, 9.17) is 25.9 Å². The lowest BCUT2D eigenvalue weighted by atomic mass is 9.64. The molecule has 0 amide bonds. The number of phenolic OH excluding ortho intramolecular Hbond substituents is 1. The van der Waals surface area contributed by atoms with Gasteiger partial charge >= 0.3 is 0 Å². The van der Waals surface area contributed by atoms with E-state index < -0.39 is 56.7 Å². The number of nitrogens with two attached hydrogens (primary N) is 2. The molecule has 0 aromatic heterocycles. The zero-order valence-corrected chi connectivity index (χ0v) is 55.4. The van der Waals surface area contributed by atoms with Gasteiger partial charge in [-0.05, 0) is 253 Å². The number of rotatable bonds is 11. The summed E-state index contributed by atoms with van der Waals surface area (Å²) in [6.45, 7) is 2.85. The van der Waals surface area contributed by atoms with Gasteiger partial charge in [-0.3, -0.25) is 4.55 Å². The first-order valence-electron chi connectivity index (χ1n) is 35.0.